The molecule has 6 heteroatoms. The minimum atomic E-state index is -2.73. The van der Waals surface area contributed by atoms with Gasteiger partial charge in [0.2, 0.25) is 0 Å². The average molecular weight is 242 g/mol. The van der Waals surface area contributed by atoms with E-state index in [2.05, 4.69) is 4.98 Å². The minimum absolute atomic E-state index is 0.00958. The monoisotopic (exact) mass is 241 g/mol. The van der Waals surface area contributed by atoms with Crippen molar-refractivity contribution in [2.75, 3.05) is 0 Å². The summed E-state index contributed by atoms with van der Waals surface area (Å²) in [6.07, 6.45) is -2.02. The van der Waals surface area contributed by atoms with Gasteiger partial charge < -0.3 is 0 Å². The molecule has 82 valence electrons. The van der Waals surface area contributed by atoms with Crippen LogP contribution >= 0.6 is 11.6 Å². The first-order valence-corrected chi connectivity index (χ1v) is 4.81. The molecule has 0 saturated carbocycles. The van der Waals surface area contributed by atoms with Crippen LogP contribution < -0.4 is 0 Å². The Bertz CT molecular complexity index is 474. The Hall–Kier alpha value is -1.72. The highest BCUT2D eigenvalue weighted by Crippen LogP contribution is 2.27. The predicted octanol–water partition coefficient (Wildman–Crippen LogP) is 2.70. The number of nitrogens with zero attached hydrogens (tertiary/aromatic N) is 3. The third kappa shape index (κ3) is 2.26. The van der Waals surface area contributed by atoms with Crippen LogP contribution in [-0.2, 0) is 12.3 Å². The summed E-state index contributed by atoms with van der Waals surface area (Å²) in [6.45, 7) is 0. The van der Waals surface area contributed by atoms with E-state index < -0.39 is 6.43 Å². The van der Waals surface area contributed by atoms with Crippen LogP contribution in [0.3, 0.4) is 0 Å². The second kappa shape index (κ2) is 5.39. The Morgan fingerprint density at radius 3 is 2.50 bits per heavy atom. The lowest BCUT2D eigenvalue weighted by atomic mass is 10.0. The van der Waals surface area contributed by atoms with E-state index in [9.17, 15) is 8.78 Å². The average Bonchev–Trinajstić information content (AvgIpc) is 2.28. The van der Waals surface area contributed by atoms with Crippen molar-refractivity contribution in [1.82, 2.24) is 4.98 Å². The highest BCUT2D eigenvalue weighted by molar-refractivity contribution is 6.17. The van der Waals surface area contributed by atoms with Crippen LogP contribution in [0.15, 0.2) is 6.20 Å². The predicted molar refractivity (Wildman–Crippen MR) is 52.8 cm³/mol. The van der Waals surface area contributed by atoms with Gasteiger partial charge in [0.05, 0.1) is 18.4 Å². The van der Waals surface area contributed by atoms with Gasteiger partial charge in [-0.25, -0.2) is 13.8 Å². The Morgan fingerprint density at radius 2 is 2.06 bits per heavy atom. The Labute approximate surface area is 95.9 Å². The maximum absolute atomic E-state index is 12.6. The number of pyridine rings is 1. The van der Waals surface area contributed by atoms with Crippen molar-refractivity contribution < 1.29 is 8.78 Å². The van der Waals surface area contributed by atoms with Gasteiger partial charge in [0.25, 0.3) is 6.43 Å². The highest BCUT2D eigenvalue weighted by atomic mass is 35.5. The Balaban J connectivity index is 3.46. The molecule has 0 aliphatic heterocycles. The molecule has 1 heterocycles. The molecule has 0 radical (unpaired) electrons. The van der Waals surface area contributed by atoms with Crippen molar-refractivity contribution in [1.29, 1.82) is 10.5 Å². The maximum Gasteiger partial charge on any atom is 0.265 e. The van der Waals surface area contributed by atoms with E-state index in [1.54, 1.807) is 12.1 Å². The molecule has 0 saturated heterocycles. The summed E-state index contributed by atoms with van der Waals surface area (Å²) in [5.74, 6) is -0.118. The van der Waals surface area contributed by atoms with Gasteiger partial charge in [0.15, 0.2) is 0 Å². The zero-order valence-corrected chi connectivity index (χ0v) is 8.80. The number of hydrogen-bond donors (Lipinski definition) is 0. The summed E-state index contributed by atoms with van der Waals surface area (Å²) in [5.41, 5.74) is -0.0246. The highest BCUT2D eigenvalue weighted by Gasteiger charge is 2.19. The maximum atomic E-state index is 12.6. The molecule has 0 amide bonds. The molecule has 0 atom stereocenters. The number of rotatable bonds is 3. The molecule has 1 rings (SSSR count). The number of nitriles is 2. The first-order chi connectivity index (χ1) is 7.65. The van der Waals surface area contributed by atoms with Crippen molar-refractivity contribution in [3.05, 3.63) is 28.6 Å². The van der Waals surface area contributed by atoms with Gasteiger partial charge in [0.1, 0.15) is 11.8 Å². The fourth-order valence-electron chi connectivity index (χ4n) is 1.32. The molecule has 0 aliphatic carbocycles. The van der Waals surface area contributed by atoms with Crippen molar-refractivity contribution in [2.45, 2.75) is 18.7 Å². The van der Waals surface area contributed by atoms with E-state index in [4.69, 9.17) is 22.1 Å². The number of aromatic nitrogens is 1. The smallest absolute Gasteiger partial charge is 0.245 e. The van der Waals surface area contributed by atoms with Crippen LogP contribution in [0.1, 0.15) is 28.8 Å². The van der Waals surface area contributed by atoms with E-state index in [0.717, 1.165) is 6.20 Å². The molecular weight excluding hydrogens is 236 g/mol. The molecule has 0 spiro atoms. The first kappa shape index (κ1) is 12.4. The van der Waals surface area contributed by atoms with Gasteiger partial charge >= 0.3 is 0 Å². The largest absolute Gasteiger partial charge is 0.265 e. The van der Waals surface area contributed by atoms with E-state index in [-0.39, 0.29) is 34.7 Å². The lowest BCUT2D eigenvalue weighted by Crippen LogP contribution is -2.04. The molecule has 0 aromatic carbocycles. The second-order valence-corrected chi connectivity index (χ2v) is 3.17. The standard InChI is InChI=1S/C10H6ClF2N3/c11-3-7-6(1-2-14)8(10(12)13)5-16-9(7)4-15/h5,10H,1,3H2. The molecule has 3 nitrogen and oxygen atoms in total. The van der Waals surface area contributed by atoms with Gasteiger partial charge in [-0.2, -0.15) is 10.5 Å². The molecule has 0 aliphatic rings. The fourth-order valence-corrected chi connectivity index (χ4v) is 1.61. The van der Waals surface area contributed by atoms with Crippen molar-refractivity contribution in [2.24, 2.45) is 0 Å². The minimum Gasteiger partial charge on any atom is -0.245 e. The lowest BCUT2D eigenvalue weighted by Gasteiger charge is -2.10. The van der Waals surface area contributed by atoms with E-state index in [1.165, 1.54) is 0 Å². The van der Waals surface area contributed by atoms with Crippen LogP contribution in [0.4, 0.5) is 8.78 Å². The van der Waals surface area contributed by atoms with Gasteiger partial charge in [0, 0.05) is 17.3 Å². The van der Waals surface area contributed by atoms with Crippen LogP contribution in [0.2, 0.25) is 0 Å². The first-order valence-electron chi connectivity index (χ1n) is 4.27. The molecule has 1 aromatic heterocycles. The van der Waals surface area contributed by atoms with Crippen LogP contribution in [0.25, 0.3) is 0 Å². The zero-order valence-electron chi connectivity index (χ0n) is 8.04. The summed E-state index contributed by atoms with van der Waals surface area (Å²) in [4.78, 5) is 3.60. The molecule has 0 fully saturated rings. The van der Waals surface area contributed by atoms with Crippen molar-refractivity contribution >= 4 is 11.6 Å². The normalized spacial score (nSPS) is 9.88. The Morgan fingerprint density at radius 1 is 1.38 bits per heavy atom. The third-order valence-corrected chi connectivity index (χ3v) is 2.33. The molecule has 0 N–H and O–H groups in total. The third-order valence-electron chi connectivity index (χ3n) is 2.06. The summed E-state index contributed by atoms with van der Waals surface area (Å²) in [7, 11) is 0. The van der Waals surface area contributed by atoms with Crippen LogP contribution in [-0.4, -0.2) is 4.98 Å². The van der Waals surface area contributed by atoms with Gasteiger partial charge in [-0.15, -0.1) is 11.6 Å². The molecule has 0 bridgehead atoms. The van der Waals surface area contributed by atoms with Crippen molar-refractivity contribution in [3.8, 4) is 12.1 Å². The molecule has 16 heavy (non-hydrogen) atoms. The summed E-state index contributed by atoms with van der Waals surface area (Å²) >= 11 is 5.58. The summed E-state index contributed by atoms with van der Waals surface area (Å²) in [6, 6.07) is 3.54. The lowest BCUT2D eigenvalue weighted by molar-refractivity contribution is 0.150. The van der Waals surface area contributed by atoms with Gasteiger partial charge in [-0.3, -0.25) is 0 Å². The number of halogens is 3. The molecule has 1 aromatic rings. The SMILES string of the molecule is N#CCc1c(C(F)F)cnc(C#N)c1CCl. The van der Waals surface area contributed by atoms with Gasteiger partial charge in [-0.1, -0.05) is 0 Å². The Kier molecular flexibility index (Phi) is 4.16. The topological polar surface area (TPSA) is 60.5 Å². The van der Waals surface area contributed by atoms with Crippen molar-refractivity contribution in [3.63, 3.8) is 0 Å². The fraction of sp³-hybridized carbons (Fsp3) is 0.300. The van der Waals surface area contributed by atoms with E-state index in [0.29, 0.717) is 0 Å². The van der Waals surface area contributed by atoms with Crippen LogP contribution in [0, 0.1) is 22.7 Å². The number of alkyl halides is 3. The molecular formula is C10H6ClF2N3. The zero-order chi connectivity index (χ0) is 12.1. The van der Waals surface area contributed by atoms with Gasteiger partial charge in [-0.05, 0) is 5.56 Å². The van der Waals surface area contributed by atoms with E-state index >= 15 is 0 Å². The number of hydrogen-bond acceptors (Lipinski definition) is 3. The van der Waals surface area contributed by atoms with Crippen LogP contribution in [0.5, 0.6) is 0 Å². The quantitative estimate of drug-likeness (QED) is 0.765. The second-order valence-electron chi connectivity index (χ2n) is 2.90. The summed E-state index contributed by atoms with van der Waals surface area (Å²) < 4.78 is 25.3. The molecule has 0 unspecified atom stereocenters. The summed E-state index contributed by atoms with van der Waals surface area (Å²) in [5, 5.41) is 17.3. The van der Waals surface area contributed by atoms with E-state index in [1.807, 2.05) is 0 Å².